The summed E-state index contributed by atoms with van der Waals surface area (Å²) in [5.41, 5.74) is -0.231. The zero-order valence-electron chi connectivity index (χ0n) is 14.8. The van der Waals surface area contributed by atoms with Gasteiger partial charge in [-0.1, -0.05) is 17.7 Å². The fourth-order valence-electron chi connectivity index (χ4n) is 2.82. The van der Waals surface area contributed by atoms with Crippen molar-refractivity contribution in [2.45, 2.75) is 6.92 Å². The first-order valence-electron chi connectivity index (χ1n) is 8.59. The van der Waals surface area contributed by atoms with E-state index >= 15 is 0 Å². The Kier molecular flexibility index (Phi) is 5.87. The molecule has 0 aliphatic carbocycles. The number of nitrogens with one attached hydrogen (secondary N) is 1. The van der Waals surface area contributed by atoms with E-state index in [-0.39, 0.29) is 5.91 Å². The van der Waals surface area contributed by atoms with Gasteiger partial charge in [0.2, 0.25) is 5.91 Å². The van der Waals surface area contributed by atoms with Gasteiger partial charge < -0.3 is 10.2 Å². The second-order valence-electron chi connectivity index (χ2n) is 6.06. The molecule has 0 saturated carbocycles. The quantitative estimate of drug-likeness (QED) is 0.721. The Labute approximate surface area is 160 Å². The van der Waals surface area contributed by atoms with Gasteiger partial charge in [0.1, 0.15) is 0 Å². The van der Waals surface area contributed by atoms with Gasteiger partial charge in [-0.25, -0.2) is 9.59 Å². The highest BCUT2D eigenvalue weighted by atomic mass is 35.5. The van der Waals surface area contributed by atoms with Crippen molar-refractivity contribution in [2.75, 3.05) is 39.3 Å². The molecule has 1 aliphatic rings. The van der Waals surface area contributed by atoms with Crippen LogP contribution in [0.25, 0.3) is 5.69 Å². The van der Waals surface area contributed by atoms with Crippen molar-refractivity contribution in [2.24, 2.45) is 0 Å². The van der Waals surface area contributed by atoms with E-state index in [0.717, 1.165) is 9.36 Å². The van der Waals surface area contributed by atoms with Crippen LogP contribution in [0, 0.1) is 0 Å². The molecule has 1 aliphatic heterocycles. The minimum atomic E-state index is -0.660. The Morgan fingerprint density at radius 2 is 1.93 bits per heavy atom. The monoisotopic (exact) mass is 393 g/mol. The SMILES string of the molecule is CCNC(=O)CN1CCN(C(=O)n2nnn(-c3cccc(Cl)c3)c2=O)CC1. The highest BCUT2D eigenvalue weighted by Gasteiger charge is 2.26. The minimum absolute atomic E-state index is 0.0436. The molecule has 1 N–H and O–H groups in total. The molecule has 27 heavy (non-hydrogen) atoms. The van der Waals surface area contributed by atoms with Crippen LogP contribution in [0.2, 0.25) is 5.02 Å². The number of carbonyl (C=O) groups excluding carboxylic acids is 2. The third-order valence-electron chi connectivity index (χ3n) is 4.20. The average molecular weight is 394 g/mol. The third-order valence-corrected chi connectivity index (χ3v) is 4.43. The van der Waals surface area contributed by atoms with Crippen LogP contribution < -0.4 is 11.0 Å². The van der Waals surface area contributed by atoms with E-state index in [2.05, 4.69) is 15.7 Å². The lowest BCUT2D eigenvalue weighted by atomic mass is 10.3. The van der Waals surface area contributed by atoms with Crippen LogP contribution in [-0.4, -0.2) is 80.8 Å². The third kappa shape index (κ3) is 4.34. The van der Waals surface area contributed by atoms with E-state index in [1.807, 2.05) is 11.8 Å². The molecular weight excluding hydrogens is 374 g/mol. The fourth-order valence-corrected chi connectivity index (χ4v) is 3.01. The van der Waals surface area contributed by atoms with Gasteiger partial charge in [-0.2, -0.15) is 4.68 Å². The number of piperazine rings is 1. The number of likely N-dealkylation sites (N-methyl/N-ethyl adjacent to an activating group) is 1. The Morgan fingerprint density at radius 1 is 1.19 bits per heavy atom. The number of tetrazole rings is 1. The first-order chi connectivity index (χ1) is 13.0. The molecule has 2 aromatic rings. The number of hydrogen-bond acceptors (Lipinski definition) is 6. The van der Waals surface area contributed by atoms with Crippen LogP contribution >= 0.6 is 11.6 Å². The molecule has 0 bridgehead atoms. The number of halogens is 1. The van der Waals surface area contributed by atoms with Crippen LogP contribution in [0.3, 0.4) is 0 Å². The summed E-state index contributed by atoms with van der Waals surface area (Å²) in [5, 5.41) is 10.7. The number of carbonyl (C=O) groups is 2. The number of rotatable bonds is 4. The molecule has 0 unspecified atom stereocenters. The summed E-state index contributed by atoms with van der Waals surface area (Å²) in [6, 6.07) is 6.03. The molecule has 1 fully saturated rings. The first-order valence-corrected chi connectivity index (χ1v) is 8.96. The normalized spacial score (nSPS) is 15.0. The van der Waals surface area contributed by atoms with Crippen LogP contribution in [0.5, 0.6) is 0 Å². The van der Waals surface area contributed by atoms with Gasteiger partial charge in [0.25, 0.3) is 0 Å². The van der Waals surface area contributed by atoms with Crippen LogP contribution in [0.4, 0.5) is 4.79 Å². The van der Waals surface area contributed by atoms with Crippen molar-refractivity contribution in [3.63, 3.8) is 0 Å². The smallest absolute Gasteiger partial charge is 0.355 e. The van der Waals surface area contributed by atoms with E-state index in [9.17, 15) is 14.4 Å². The maximum atomic E-state index is 12.6. The lowest BCUT2D eigenvalue weighted by Crippen LogP contribution is -2.53. The van der Waals surface area contributed by atoms with Crippen molar-refractivity contribution in [1.29, 1.82) is 0 Å². The number of nitrogens with zero attached hydrogens (tertiary/aromatic N) is 6. The second-order valence-corrected chi connectivity index (χ2v) is 6.50. The van der Waals surface area contributed by atoms with Crippen molar-refractivity contribution in [3.8, 4) is 5.69 Å². The highest BCUT2D eigenvalue weighted by molar-refractivity contribution is 6.30. The van der Waals surface area contributed by atoms with Gasteiger partial charge in [-0.05, 0) is 35.5 Å². The molecule has 0 spiro atoms. The number of amides is 2. The van der Waals surface area contributed by atoms with E-state index in [4.69, 9.17) is 11.6 Å². The Hall–Kier alpha value is -2.72. The first kappa shape index (κ1) is 19.1. The van der Waals surface area contributed by atoms with Gasteiger partial charge in [-0.3, -0.25) is 9.69 Å². The fraction of sp³-hybridized carbons (Fsp3) is 0.438. The van der Waals surface area contributed by atoms with Crippen molar-refractivity contribution < 1.29 is 9.59 Å². The molecule has 0 atom stereocenters. The second kappa shape index (κ2) is 8.31. The molecule has 2 heterocycles. The minimum Gasteiger partial charge on any atom is -0.355 e. The Balaban J connectivity index is 1.66. The standard InChI is InChI=1S/C16H20ClN7O3/c1-2-18-14(25)11-21-6-8-22(9-7-21)15(26)24-16(27)23(19-20-24)13-5-3-4-12(17)10-13/h3-5,10H,2,6-9,11H2,1H3,(H,18,25). The number of hydrogen-bond donors (Lipinski definition) is 1. The molecular formula is C16H20ClN7O3. The van der Waals surface area contributed by atoms with E-state index in [0.29, 0.717) is 50.0 Å². The molecule has 1 aromatic carbocycles. The Morgan fingerprint density at radius 3 is 2.59 bits per heavy atom. The topological polar surface area (TPSA) is 105 Å². The van der Waals surface area contributed by atoms with E-state index < -0.39 is 11.7 Å². The maximum Gasteiger partial charge on any atom is 0.377 e. The molecule has 10 nitrogen and oxygen atoms in total. The summed E-state index contributed by atoms with van der Waals surface area (Å²) in [6.45, 7) is 4.62. The van der Waals surface area contributed by atoms with Gasteiger partial charge in [0.05, 0.1) is 12.2 Å². The lowest BCUT2D eigenvalue weighted by molar-refractivity contribution is -0.122. The van der Waals surface area contributed by atoms with Crippen LogP contribution in [-0.2, 0) is 4.79 Å². The summed E-state index contributed by atoms with van der Waals surface area (Å²) < 4.78 is 1.76. The van der Waals surface area contributed by atoms with Gasteiger partial charge in [-0.15, -0.1) is 4.68 Å². The van der Waals surface area contributed by atoms with Crippen LogP contribution in [0.15, 0.2) is 29.1 Å². The lowest BCUT2D eigenvalue weighted by Gasteiger charge is -2.33. The molecule has 144 valence electrons. The van der Waals surface area contributed by atoms with Crippen LogP contribution in [0.1, 0.15) is 6.92 Å². The summed E-state index contributed by atoms with van der Waals surface area (Å²) in [6.07, 6.45) is 0. The molecule has 11 heteroatoms. The largest absolute Gasteiger partial charge is 0.377 e. The van der Waals surface area contributed by atoms with Crippen molar-refractivity contribution in [1.82, 2.24) is 34.9 Å². The maximum absolute atomic E-state index is 12.6. The zero-order chi connectivity index (χ0) is 19.4. The summed E-state index contributed by atoms with van der Waals surface area (Å²) in [5.74, 6) is -0.0436. The highest BCUT2D eigenvalue weighted by Crippen LogP contribution is 2.12. The van der Waals surface area contributed by atoms with E-state index in [1.54, 1.807) is 24.3 Å². The average Bonchev–Trinajstić information content (AvgIpc) is 3.03. The number of aromatic nitrogens is 4. The molecule has 1 aromatic heterocycles. The van der Waals surface area contributed by atoms with Gasteiger partial charge in [0.15, 0.2) is 0 Å². The van der Waals surface area contributed by atoms with Crippen molar-refractivity contribution in [3.05, 3.63) is 39.8 Å². The van der Waals surface area contributed by atoms with Crippen molar-refractivity contribution >= 4 is 23.5 Å². The molecule has 2 amide bonds. The van der Waals surface area contributed by atoms with Gasteiger partial charge in [0, 0.05) is 37.7 Å². The van der Waals surface area contributed by atoms with Gasteiger partial charge >= 0.3 is 11.7 Å². The van der Waals surface area contributed by atoms with E-state index in [1.165, 1.54) is 4.90 Å². The number of benzene rings is 1. The Bertz CT molecular complexity index is 886. The summed E-state index contributed by atoms with van der Waals surface area (Å²) >= 11 is 5.93. The summed E-state index contributed by atoms with van der Waals surface area (Å²) in [7, 11) is 0. The summed E-state index contributed by atoms with van der Waals surface area (Å²) in [4.78, 5) is 40.2. The zero-order valence-corrected chi connectivity index (χ0v) is 15.6. The predicted molar refractivity (Wildman–Crippen MR) is 98.1 cm³/mol. The molecule has 3 rings (SSSR count). The molecule has 1 saturated heterocycles. The molecule has 0 radical (unpaired) electrons. The predicted octanol–water partition coefficient (Wildman–Crippen LogP) is -0.196.